The van der Waals surface area contributed by atoms with Crippen molar-refractivity contribution < 1.29 is 0 Å². The fraction of sp³-hybridized carbons (Fsp3) is 0.107. The summed E-state index contributed by atoms with van der Waals surface area (Å²) in [5.41, 5.74) is 20.2. The molecule has 0 bridgehead atoms. The van der Waals surface area contributed by atoms with Gasteiger partial charge < -0.3 is 0 Å². The van der Waals surface area contributed by atoms with Gasteiger partial charge >= 0.3 is 0 Å². The van der Waals surface area contributed by atoms with Gasteiger partial charge in [-0.05, 0) is 102 Å². The third-order valence-electron chi connectivity index (χ3n) is 12.9. The summed E-state index contributed by atoms with van der Waals surface area (Å²) in [7, 11) is 0. The van der Waals surface area contributed by atoms with Crippen molar-refractivity contribution in [2.45, 2.75) is 38.5 Å². The van der Waals surface area contributed by atoms with E-state index in [1.807, 2.05) is 6.07 Å². The van der Waals surface area contributed by atoms with E-state index in [1.165, 1.54) is 66.4 Å². The van der Waals surface area contributed by atoms with E-state index in [1.54, 1.807) is 0 Å². The molecule has 58 heavy (non-hydrogen) atoms. The summed E-state index contributed by atoms with van der Waals surface area (Å²) in [6.45, 7) is 9.40. The monoisotopic (exact) mass is 742 g/mol. The summed E-state index contributed by atoms with van der Waals surface area (Å²) >= 11 is 0. The summed E-state index contributed by atoms with van der Waals surface area (Å²) in [4.78, 5) is 10.7. The molecule has 1 heterocycles. The Morgan fingerprint density at radius 3 is 1.59 bits per heavy atom. The van der Waals surface area contributed by atoms with Gasteiger partial charge in [0.25, 0.3) is 0 Å². The minimum absolute atomic E-state index is 0.0476. The van der Waals surface area contributed by atoms with E-state index in [4.69, 9.17) is 9.97 Å². The number of benzene rings is 8. The SMILES string of the molecule is CC1(C)c2ccccc2-c2cc(-c3ccccc3-c3cc(-c4ccccc4-c4cccc5c4-c4cc6ccccc6cc4C5(C)C)nc(-c4ccccc4)n3)ccc21. The molecule has 0 spiro atoms. The zero-order valence-electron chi connectivity index (χ0n) is 33.2. The maximum Gasteiger partial charge on any atom is 0.160 e. The summed E-state index contributed by atoms with van der Waals surface area (Å²) in [5.74, 6) is 0.707. The van der Waals surface area contributed by atoms with Crippen LogP contribution in [0.5, 0.6) is 0 Å². The van der Waals surface area contributed by atoms with Crippen LogP contribution in [-0.4, -0.2) is 9.97 Å². The third kappa shape index (κ3) is 5.18. The molecular formula is C56H42N2. The van der Waals surface area contributed by atoms with Crippen LogP contribution in [0.2, 0.25) is 0 Å². The molecule has 2 heteroatoms. The number of aromatic nitrogens is 2. The summed E-state index contributed by atoms with van der Waals surface area (Å²) in [6.07, 6.45) is 0. The minimum Gasteiger partial charge on any atom is -0.228 e. The molecule has 2 aliphatic rings. The first-order chi connectivity index (χ1) is 28.3. The Morgan fingerprint density at radius 1 is 0.310 bits per heavy atom. The number of hydrogen-bond donors (Lipinski definition) is 0. The quantitative estimate of drug-likeness (QED) is 0.175. The predicted octanol–water partition coefficient (Wildman–Crippen LogP) is 14.6. The van der Waals surface area contributed by atoms with Gasteiger partial charge in [-0.2, -0.15) is 0 Å². The molecule has 276 valence electrons. The first kappa shape index (κ1) is 34.4. The predicted molar refractivity (Wildman–Crippen MR) is 242 cm³/mol. The summed E-state index contributed by atoms with van der Waals surface area (Å²) in [5, 5.41) is 2.54. The van der Waals surface area contributed by atoms with Crippen LogP contribution in [0.1, 0.15) is 49.9 Å². The lowest BCUT2D eigenvalue weighted by atomic mass is 9.81. The van der Waals surface area contributed by atoms with E-state index in [0.717, 1.165) is 39.2 Å². The van der Waals surface area contributed by atoms with Crippen LogP contribution in [0, 0.1) is 0 Å². The highest BCUT2D eigenvalue weighted by molar-refractivity contribution is 6.01. The van der Waals surface area contributed by atoms with E-state index < -0.39 is 0 Å². The molecule has 11 rings (SSSR count). The molecule has 0 saturated carbocycles. The third-order valence-corrected chi connectivity index (χ3v) is 12.9. The first-order valence-electron chi connectivity index (χ1n) is 20.3. The van der Waals surface area contributed by atoms with Crippen molar-refractivity contribution in [3.05, 3.63) is 204 Å². The van der Waals surface area contributed by atoms with Crippen LogP contribution in [0.3, 0.4) is 0 Å². The molecule has 0 fully saturated rings. The number of rotatable bonds is 5. The number of hydrogen-bond acceptors (Lipinski definition) is 2. The Bertz CT molecular complexity index is 3110. The Morgan fingerprint density at radius 2 is 0.845 bits per heavy atom. The highest BCUT2D eigenvalue weighted by Crippen LogP contribution is 2.54. The van der Waals surface area contributed by atoms with E-state index in [9.17, 15) is 0 Å². The molecule has 0 saturated heterocycles. The molecule has 9 aromatic rings. The van der Waals surface area contributed by atoms with E-state index in [2.05, 4.69) is 204 Å². The van der Waals surface area contributed by atoms with Gasteiger partial charge in [-0.3, -0.25) is 0 Å². The van der Waals surface area contributed by atoms with Gasteiger partial charge in [-0.1, -0.05) is 185 Å². The molecular weight excluding hydrogens is 701 g/mol. The fourth-order valence-corrected chi connectivity index (χ4v) is 9.92. The number of nitrogens with zero attached hydrogens (tertiary/aromatic N) is 2. The van der Waals surface area contributed by atoms with Crippen LogP contribution in [0.25, 0.3) is 89.2 Å². The second-order valence-corrected chi connectivity index (χ2v) is 16.9. The van der Waals surface area contributed by atoms with Crippen LogP contribution in [0.15, 0.2) is 182 Å². The molecule has 1 aromatic heterocycles. The topological polar surface area (TPSA) is 25.8 Å². The molecule has 0 amide bonds. The van der Waals surface area contributed by atoms with Gasteiger partial charge in [0.1, 0.15) is 0 Å². The maximum atomic E-state index is 5.37. The van der Waals surface area contributed by atoms with Gasteiger partial charge in [0, 0.05) is 27.5 Å². The molecule has 0 unspecified atom stereocenters. The van der Waals surface area contributed by atoms with E-state index in [0.29, 0.717) is 5.82 Å². The van der Waals surface area contributed by atoms with Crippen LogP contribution in [0.4, 0.5) is 0 Å². The highest BCUT2D eigenvalue weighted by Gasteiger charge is 2.38. The van der Waals surface area contributed by atoms with Crippen molar-refractivity contribution >= 4 is 10.8 Å². The zero-order valence-corrected chi connectivity index (χ0v) is 33.2. The highest BCUT2D eigenvalue weighted by atomic mass is 14.9. The largest absolute Gasteiger partial charge is 0.228 e. The van der Waals surface area contributed by atoms with Gasteiger partial charge in [0.05, 0.1) is 11.4 Å². The lowest BCUT2D eigenvalue weighted by Gasteiger charge is -2.22. The average molecular weight is 743 g/mol. The van der Waals surface area contributed by atoms with Crippen molar-refractivity contribution in [1.82, 2.24) is 9.97 Å². The molecule has 2 aliphatic carbocycles. The second kappa shape index (κ2) is 12.8. The van der Waals surface area contributed by atoms with Crippen molar-refractivity contribution in [1.29, 1.82) is 0 Å². The smallest absolute Gasteiger partial charge is 0.160 e. The van der Waals surface area contributed by atoms with E-state index in [-0.39, 0.29) is 10.8 Å². The molecule has 2 nitrogen and oxygen atoms in total. The van der Waals surface area contributed by atoms with Gasteiger partial charge in [-0.15, -0.1) is 0 Å². The molecule has 0 atom stereocenters. The summed E-state index contributed by atoms with van der Waals surface area (Å²) < 4.78 is 0. The van der Waals surface area contributed by atoms with Crippen molar-refractivity contribution in [3.8, 4) is 78.4 Å². The number of fused-ring (bicyclic) bond motifs is 7. The molecule has 8 aromatic carbocycles. The van der Waals surface area contributed by atoms with Crippen LogP contribution < -0.4 is 0 Å². The minimum atomic E-state index is -0.138. The normalized spacial score (nSPS) is 14.1. The first-order valence-corrected chi connectivity index (χ1v) is 20.3. The second-order valence-electron chi connectivity index (χ2n) is 16.9. The fourth-order valence-electron chi connectivity index (χ4n) is 9.92. The van der Waals surface area contributed by atoms with E-state index >= 15 is 0 Å². The maximum absolute atomic E-state index is 5.37. The Balaban J connectivity index is 1.11. The Labute approximate surface area is 340 Å². The lowest BCUT2D eigenvalue weighted by Crippen LogP contribution is -2.14. The van der Waals surface area contributed by atoms with Crippen LogP contribution in [-0.2, 0) is 10.8 Å². The Hall–Kier alpha value is -6.90. The van der Waals surface area contributed by atoms with Crippen molar-refractivity contribution in [2.24, 2.45) is 0 Å². The lowest BCUT2D eigenvalue weighted by molar-refractivity contribution is 0.660. The Kier molecular flexibility index (Phi) is 7.59. The van der Waals surface area contributed by atoms with Gasteiger partial charge in [0.15, 0.2) is 5.82 Å². The van der Waals surface area contributed by atoms with Gasteiger partial charge in [0.2, 0.25) is 0 Å². The standard InChI is InChI=1S/C56H42N2/c1-55(2)47-27-15-14-23-41(47)45-32-38(29-30-48(45)55)39-21-10-12-24-42(39)51-34-52(58-54(57-51)35-17-6-5-7-18-35)43-25-13-11-22-40(43)44-26-16-28-49-53(44)46-31-36-19-8-9-20-37(36)33-50(46)56(49,3)4/h5-34H,1-4H3. The molecule has 0 N–H and O–H groups in total. The van der Waals surface area contributed by atoms with Gasteiger partial charge in [-0.25, -0.2) is 9.97 Å². The average Bonchev–Trinajstić information content (AvgIpc) is 3.64. The van der Waals surface area contributed by atoms with Crippen LogP contribution >= 0.6 is 0 Å². The zero-order chi connectivity index (χ0) is 39.2. The molecule has 0 aliphatic heterocycles. The molecule has 0 radical (unpaired) electrons. The van der Waals surface area contributed by atoms with Crippen molar-refractivity contribution in [2.75, 3.05) is 0 Å². The summed E-state index contributed by atoms with van der Waals surface area (Å²) in [6, 6.07) is 66.3. The van der Waals surface area contributed by atoms with Crippen molar-refractivity contribution in [3.63, 3.8) is 0 Å².